The van der Waals surface area contributed by atoms with E-state index >= 15 is 0 Å². The van der Waals surface area contributed by atoms with Gasteiger partial charge >= 0.3 is 0 Å². The molecule has 1 aromatic heterocycles. The zero-order chi connectivity index (χ0) is 19.2. The molecule has 1 amide bonds. The summed E-state index contributed by atoms with van der Waals surface area (Å²) in [5.41, 5.74) is 1.31. The van der Waals surface area contributed by atoms with Crippen LogP contribution in [0, 0.1) is 5.82 Å². The van der Waals surface area contributed by atoms with Crippen LogP contribution < -0.4 is 10.1 Å². The third-order valence-electron chi connectivity index (χ3n) is 3.80. The molecule has 0 atom stereocenters. The lowest BCUT2D eigenvalue weighted by Crippen LogP contribution is -2.14. The lowest BCUT2D eigenvalue weighted by atomic mass is 10.2. The molecule has 27 heavy (non-hydrogen) atoms. The van der Waals surface area contributed by atoms with Gasteiger partial charge in [0.25, 0.3) is 0 Å². The fourth-order valence-electron chi connectivity index (χ4n) is 2.55. The van der Waals surface area contributed by atoms with Gasteiger partial charge in [-0.15, -0.1) is 10.2 Å². The fraction of sp³-hybridized carbons (Fsp3) is 0.211. The number of halogens is 1. The van der Waals surface area contributed by atoms with Gasteiger partial charge < -0.3 is 14.6 Å². The molecule has 8 heteroatoms. The van der Waals surface area contributed by atoms with Crippen LogP contribution in [-0.2, 0) is 11.3 Å². The first-order valence-corrected chi connectivity index (χ1v) is 9.35. The number of nitrogens with zero attached hydrogens (tertiary/aromatic N) is 3. The second kappa shape index (κ2) is 8.68. The highest BCUT2D eigenvalue weighted by molar-refractivity contribution is 7.99. The fourth-order valence-corrected chi connectivity index (χ4v) is 3.35. The summed E-state index contributed by atoms with van der Waals surface area (Å²) in [6.07, 6.45) is 0. The molecule has 0 fully saturated rings. The van der Waals surface area contributed by atoms with Gasteiger partial charge in [0.15, 0.2) is 11.0 Å². The molecule has 2 aromatic carbocycles. The molecule has 3 aromatic rings. The maximum absolute atomic E-state index is 13.2. The molecule has 140 valence electrons. The smallest absolute Gasteiger partial charge is 0.234 e. The Hall–Kier alpha value is -2.87. The monoisotopic (exact) mass is 386 g/mol. The van der Waals surface area contributed by atoms with Crippen LogP contribution in [0.25, 0.3) is 11.4 Å². The average Bonchev–Trinajstić information content (AvgIpc) is 3.09. The van der Waals surface area contributed by atoms with Crippen molar-refractivity contribution in [2.45, 2.75) is 18.6 Å². The Bertz CT molecular complexity index is 945. The standard InChI is InChI=1S/C19H19FN4O2S/c1-3-24-18(13-6-4-9-16(10-13)26-2)22-23-19(24)27-12-17(25)21-15-8-5-7-14(20)11-15/h4-11H,3,12H2,1-2H3,(H,21,25). The van der Waals surface area contributed by atoms with E-state index in [0.29, 0.717) is 23.2 Å². The van der Waals surface area contributed by atoms with Crippen LogP contribution in [0.3, 0.4) is 0 Å². The van der Waals surface area contributed by atoms with Crippen LogP contribution in [0.5, 0.6) is 5.75 Å². The number of benzene rings is 2. The number of rotatable bonds is 7. The predicted molar refractivity (Wildman–Crippen MR) is 103 cm³/mol. The van der Waals surface area contributed by atoms with Crippen molar-refractivity contribution < 1.29 is 13.9 Å². The van der Waals surface area contributed by atoms with Crippen molar-refractivity contribution >= 4 is 23.4 Å². The molecule has 0 bridgehead atoms. The van der Waals surface area contributed by atoms with Crippen LogP contribution in [0.15, 0.2) is 53.7 Å². The van der Waals surface area contributed by atoms with Crippen LogP contribution in [-0.4, -0.2) is 33.5 Å². The van der Waals surface area contributed by atoms with Crippen molar-refractivity contribution in [3.63, 3.8) is 0 Å². The number of ether oxygens (including phenoxy) is 1. The summed E-state index contributed by atoms with van der Waals surface area (Å²) in [6.45, 7) is 2.65. The van der Waals surface area contributed by atoms with Gasteiger partial charge in [-0.3, -0.25) is 4.79 Å². The number of carbonyl (C=O) groups excluding carboxylic acids is 1. The Balaban J connectivity index is 1.70. The van der Waals surface area contributed by atoms with Crippen LogP contribution in [0.4, 0.5) is 10.1 Å². The molecule has 1 heterocycles. The Kier molecular flexibility index (Phi) is 6.08. The quantitative estimate of drug-likeness (QED) is 0.625. The minimum Gasteiger partial charge on any atom is -0.497 e. The van der Waals surface area contributed by atoms with Gasteiger partial charge in [-0.1, -0.05) is 30.0 Å². The topological polar surface area (TPSA) is 69.0 Å². The zero-order valence-corrected chi connectivity index (χ0v) is 15.8. The van der Waals surface area contributed by atoms with Crippen molar-refractivity contribution in [2.75, 3.05) is 18.2 Å². The van der Waals surface area contributed by atoms with E-state index in [1.54, 1.807) is 19.2 Å². The van der Waals surface area contributed by atoms with Crippen LogP contribution in [0.1, 0.15) is 6.92 Å². The highest BCUT2D eigenvalue weighted by Crippen LogP contribution is 2.26. The summed E-state index contributed by atoms with van der Waals surface area (Å²) < 4.78 is 20.4. The maximum Gasteiger partial charge on any atom is 0.234 e. The highest BCUT2D eigenvalue weighted by atomic mass is 32.2. The van der Waals surface area contributed by atoms with Gasteiger partial charge in [-0.2, -0.15) is 0 Å². The minimum absolute atomic E-state index is 0.146. The summed E-state index contributed by atoms with van der Waals surface area (Å²) in [5, 5.41) is 11.8. The van der Waals surface area contributed by atoms with Gasteiger partial charge in [-0.05, 0) is 37.3 Å². The van der Waals surface area contributed by atoms with Crippen molar-refractivity contribution in [1.29, 1.82) is 0 Å². The van der Waals surface area contributed by atoms with Gasteiger partial charge in [0, 0.05) is 17.8 Å². The largest absolute Gasteiger partial charge is 0.497 e. The Labute approximate surface area is 160 Å². The van der Waals surface area contributed by atoms with E-state index in [-0.39, 0.29) is 11.7 Å². The number of methoxy groups -OCH3 is 1. The van der Waals surface area contributed by atoms with E-state index < -0.39 is 5.82 Å². The third kappa shape index (κ3) is 4.65. The SMILES string of the molecule is CCn1c(SCC(=O)Nc2cccc(F)c2)nnc1-c1cccc(OC)c1. The van der Waals surface area contributed by atoms with E-state index in [0.717, 1.165) is 11.3 Å². The van der Waals surface area contributed by atoms with Crippen molar-refractivity contribution in [3.8, 4) is 17.1 Å². The minimum atomic E-state index is -0.394. The highest BCUT2D eigenvalue weighted by Gasteiger charge is 2.15. The Morgan fingerprint density at radius 3 is 2.78 bits per heavy atom. The van der Waals surface area contributed by atoms with Gasteiger partial charge in [0.2, 0.25) is 5.91 Å². The van der Waals surface area contributed by atoms with Gasteiger partial charge in [-0.25, -0.2) is 4.39 Å². The molecule has 0 aliphatic heterocycles. The molecule has 0 aliphatic carbocycles. The average molecular weight is 386 g/mol. The second-order valence-electron chi connectivity index (χ2n) is 5.63. The number of hydrogen-bond acceptors (Lipinski definition) is 5. The van der Waals surface area contributed by atoms with Crippen molar-refractivity contribution in [2.24, 2.45) is 0 Å². The number of anilines is 1. The van der Waals surface area contributed by atoms with Gasteiger partial charge in [0.1, 0.15) is 11.6 Å². The first-order valence-electron chi connectivity index (χ1n) is 8.36. The molecule has 6 nitrogen and oxygen atoms in total. The third-order valence-corrected chi connectivity index (χ3v) is 4.77. The number of hydrogen-bond donors (Lipinski definition) is 1. The summed E-state index contributed by atoms with van der Waals surface area (Å²) in [4.78, 5) is 12.1. The second-order valence-corrected chi connectivity index (χ2v) is 6.57. The Morgan fingerprint density at radius 2 is 2.04 bits per heavy atom. The van der Waals surface area contributed by atoms with Crippen LogP contribution >= 0.6 is 11.8 Å². The summed E-state index contributed by atoms with van der Waals surface area (Å²) in [5.74, 6) is 0.965. The number of thioether (sulfide) groups is 1. The summed E-state index contributed by atoms with van der Waals surface area (Å²) in [6, 6.07) is 13.4. The molecule has 0 unspecified atom stereocenters. The maximum atomic E-state index is 13.2. The Morgan fingerprint density at radius 1 is 1.22 bits per heavy atom. The molecule has 3 rings (SSSR count). The molecule has 0 saturated carbocycles. The molecule has 0 aliphatic rings. The number of nitrogens with one attached hydrogen (secondary N) is 1. The predicted octanol–water partition coefficient (Wildman–Crippen LogP) is 3.84. The summed E-state index contributed by atoms with van der Waals surface area (Å²) >= 11 is 1.28. The lowest BCUT2D eigenvalue weighted by molar-refractivity contribution is -0.113. The van der Waals surface area contributed by atoms with E-state index in [2.05, 4.69) is 15.5 Å². The molecule has 0 saturated heterocycles. The van der Waals surface area contributed by atoms with Crippen molar-refractivity contribution in [3.05, 3.63) is 54.3 Å². The zero-order valence-electron chi connectivity index (χ0n) is 15.0. The van der Waals surface area contributed by atoms with Crippen LogP contribution in [0.2, 0.25) is 0 Å². The van der Waals surface area contributed by atoms with E-state index in [4.69, 9.17) is 4.74 Å². The normalized spacial score (nSPS) is 10.6. The molecule has 1 N–H and O–H groups in total. The van der Waals surface area contributed by atoms with E-state index in [1.165, 1.54) is 23.9 Å². The molecule has 0 radical (unpaired) electrons. The van der Waals surface area contributed by atoms with E-state index in [1.807, 2.05) is 35.8 Å². The van der Waals surface area contributed by atoms with Crippen molar-refractivity contribution in [1.82, 2.24) is 14.8 Å². The molecular formula is C19H19FN4O2S. The first-order chi connectivity index (χ1) is 13.1. The van der Waals surface area contributed by atoms with E-state index in [9.17, 15) is 9.18 Å². The number of aromatic nitrogens is 3. The summed E-state index contributed by atoms with van der Waals surface area (Å²) in [7, 11) is 1.61. The number of carbonyl (C=O) groups is 1. The lowest BCUT2D eigenvalue weighted by Gasteiger charge is -2.09. The number of amides is 1. The van der Waals surface area contributed by atoms with Gasteiger partial charge in [0.05, 0.1) is 12.9 Å². The molecular weight excluding hydrogens is 367 g/mol. The first kappa shape index (κ1) is 18.9. The molecule has 0 spiro atoms.